The fourth-order valence-corrected chi connectivity index (χ4v) is 3.86. The van der Waals surface area contributed by atoms with Crippen molar-refractivity contribution in [2.24, 2.45) is 0 Å². The van der Waals surface area contributed by atoms with Crippen LogP contribution in [-0.2, 0) is 0 Å². The first-order chi connectivity index (χ1) is 13.0. The number of ether oxygens (including phenoxy) is 1. The topological polar surface area (TPSA) is 64.3 Å². The monoisotopic (exact) mass is 402 g/mol. The van der Waals surface area contributed by atoms with E-state index in [0.29, 0.717) is 21.4 Å². The van der Waals surface area contributed by atoms with Gasteiger partial charge in [0.1, 0.15) is 24.0 Å². The highest BCUT2D eigenvalue weighted by molar-refractivity contribution is 6.44. The van der Waals surface area contributed by atoms with E-state index < -0.39 is 0 Å². The van der Waals surface area contributed by atoms with Crippen LogP contribution in [0.15, 0.2) is 36.7 Å². The van der Waals surface area contributed by atoms with Gasteiger partial charge in [0, 0.05) is 24.0 Å². The average Bonchev–Trinajstić information content (AvgIpc) is 2.66. The molecule has 7 heteroatoms. The van der Waals surface area contributed by atoms with Gasteiger partial charge in [-0.1, -0.05) is 35.3 Å². The van der Waals surface area contributed by atoms with Gasteiger partial charge < -0.3 is 15.4 Å². The lowest BCUT2D eigenvalue weighted by Crippen LogP contribution is -2.35. The van der Waals surface area contributed by atoms with E-state index in [1.54, 1.807) is 6.07 Å². The van der Waals surface area contributed by atoms with Gasteiger partial charge in [0.25, 0.3) is 0 Å². The molecule has 0 atom stereocenters. The highest BCUT2D eigenvalue weighted by Crippen LogP contribution is 2.43. The molecule has 1 saturated heterocycles. The van der Waals surface area contributed by atoms with Crippen LogP contribution < -0.4 is 10.5 Å². The van der Waals surface area contributed by atoms with Gasteiger partial charge in [0.15, 0.2) is 0 Å². The Balaban J connectivity index is 1.87. The number of fused-ring (bicyclic) bond motifs is 1. The molecule has 1 aromatic heterocycles. The molecule has 3 aromatic rings. The molecule has 2 aromatic carbocycles. The van der Waals surface area contributed by atoms with E-state index in [-0.39, 0.29) is 6.10 Å². The van der Waals surface area contributed by atoms with Crippen molar-refractivity contribution in [3.8, 4) is 16.9 Å². The Morgan fingerprint density at radius 2 is 1.89 bits per heavy atom. The van der Waals surface area contributed by atoms with Gasteiger partial charge in [-0.15, -0.1) is 0 Å². The van der Waals surface area contributed by atoms with E-state index in [9.17, 15) is 0 Å². The van der Waals surface area contributed by atoms with Crippen molar-refractivity contribution < 1.29 is 4.74 Å². The molecule has 0 radical (unpaired) electrons. The molecule has 0 unspecified atom stereocenters. The van der Waals surface area contributed by atoms with E-state index in [1.807, 2.05) is 24.3 Å². The van der Waals surface area contributed by atoms with Crippen molar-refractivity contribution >= 4 is 39.9 Å². The first kappa shape index (κ1) is 18.3. The fourth-order valence-electron chi connectivity index (χ4n) is 3.47. The van der Waals surface area contributed by atoms with E-state index in [0.717, 1.165) is 48.2 Å². The second kappa shape index (κ2) is 7.50. The molecule has 0 bridgehead atoms. The van der Waals surface area contributed by atoms with E-state index in [1.165, 1.54) is 6.33 Å². The molecule has 0 amide bonds. The number of nitrogens with two attached hydrogens (primary N) is 1. The summed E-state index contributed by atoms with van der Waals surface area (Å²) in [6, 6.07) is 9.37. The second-order valence-electron chi connectivity index (χ2n) is 6.82. The zero-order valence-corrected chi connectivity index (χ0v) is 16.5. The van der Waals surface area contributed by atoms with Crippen LogP contribution in [0.4, 0.5) is 5.82 Å². The molecule has 1 fully saturated rings. The van der Waals surface area contributed by atoms with Gasteiger partial charge in [-0.2, -0.15) is 0 Å². The van der Waals surface area contributed by atoms with E-state index in [4.69, 9.17) is 33.7 Å². The summed E-state index contributed by atoms with van der Waals surface area (Å²) in [6.45, 7) is 2.03. The largest absolute Gasteiger partial charge is 0.490 e. The van der Waals surface area contributed by atoms with Crippen LogP contribution in [0.25, 0.3) is 22.0 Å². The summed E-state index contributed by atoms with van der Waals surface area (Å²) in [7, 11) is 2.13. The number of nitrogen functional groups attached to an aromatic ring is 1. The summed E-state index contributed by atoms with van der Waals surface area (Å²) in [5.41, 5.74) is 8.34. The zero-order valence-electron chi connectivity index (χ0n) is 15.0. The number of piperidine rings is 1. The van der Waals surface area contributed by atoms with Crippen LogP contribution in [0.2, 0.25) is 10.0 Å². The van der Waals surface area contributed by atoms with Gasteiger partial charge in [-0.3, -0.25) is 0 Å². The molecule has 0 aliphatic carbocycles. The van der Waals surface area contributed by atoms with E-state index in [2.05, 4.69) is 21.9 Å². The Labute approximate surface area is 168 Å². The minimum Gasteiger partial charge on any atom is -0.490 e. The first-order valence-electron chi connectivity index (χ1n) is 8.87. The summed E-state index contributed by atoms with van der Waals surface area (Å²) >= 11 is 12.8. The molecule has 5 nitrogen and oxygen atoms in total. The van der Waals surface area contributed by atoms with Crippen LogP contribution in [-0.4, -0.2) is 41.1 Å². The van der Waals surface area contributed by atoms with Crippen LogP contribution in [0.5, 0.6) is 5.75 Å². The van der Waals surface area contributed by atoms with Crippen molar-refractivity contribution in [2.75, 3.05) is 25.9 Å². The highest BCUT2D eigenvalue weighted by Gasteiger charge is 2.23. The minimum absolute atomic E-state index is 0.148. The van der Waals surface area contributed by atoms with Crippen molar-refractivity contribution in [3.63, 3.8) is 0 Å². The fraction of sp³-hybridized carbons (Fsp3) is 0.300. The lowest BCUT2D eigenvalue weighted by atomic mass is 10.00. The van der Waals surface area contributed by atoms with E-state index >= 15 is 0 Å². The van der Waals surface area contributed by atoms with Gasteiger partial charge in [0.2, 0.25) is 0 Å². The summed E-state index contributed by atoms with van der Waals surface area (Å²) in [5.74, 6) is 1.16. The highest BCUT2D eigenvalue weighted by atomic mass is 35.5. The Morgan fingerprint density at radius 1 is 1.11 bits per heavy atom. The molecule has 27 heavy (non-hydrogen) atoms. The maximum Gasteiger partial charge on any atom is 0.134 e. The number of benzene rings is 2. The molecule has 1 aliphatic heterocycles. The predicted molar refractivity (Wildman–Crippen MR) is 111 cm³/mol. The lowest BCUT2D eigenvalue weighted by Gasteiger charge is -2.30. The number of aromatic nitrogens is 2. The maximum absolute atomic E-state index is 6.53. The van der Waals surface area contributed by atoms with Gasteiger partial charge >= 0.3 is 0 Å². The van der Waals surface area contributed by atoms with Crippen LogP contribution >= 0.6 is 23.2 Å². The SMILES string of the molecule is CN1CCC(Oc2ccc3c(N)ncnc3c2-c2cccc(Cl)c2Cl)CC1. The molecule has 0 saturated carbocycles. The summed E-state index contributed by atoms with van der Waals surface area (Å²) < 4.78 is 6.40. The number of nitrogens with zero attached hydrogens (tertiary/aromatic N) is 3. The normalized spacial score (nSPS) is 16.0. The molecular weight excluding hydrogens is 383 g/mol. The third-order valence-corrected chi connectivity index (χ3v) is 5.80. The third kappa shape index (κ3) is 3.55. The molecule has 2 heterocycles. The summed E-state index contributed by atoms with van der Waals surface area (Å²) in [4.78, 5) is 10.9. The lowest BCUT2D eigenvalue weighted by molar-refractivity contribution is 0.115. The van der Waals surface area contributed by atoms with Crippen LogP contribution in [0, 0.1) is 0 Å². The van der Waals surface area contributed by atoms with Crippen molar-refractivity contribution in [3.05, 3.63) is 46.7 Å². The first-order valence-corrected chi connectivity index (χ1v) is 9.63. The quantitative estimate of drug-likeness (QED) is 0.689. The van der Waals surface area contributed by atoms with Crippen LogP contribution in [0.1, 0.15) is 12.8 Å². The maximum atomic E-state index is 6.53. The third-order valence-electron chi connectivity index (χ3n) is 4.98. The molecule has 140 valence electrons. The number of rotatable bonds is 3. The number of likely N-dealkylation sites (tertiary alicyclic amines) is 1. The van der Waals surface area contributed by atoms with Crippen molar-refractivity contribution in [1.82, 2.24) is 14.9 Å². The number of halogens is 2. The Hall–Kier alpha value is -2.08. The van der Waals surface area contributed by atoms with Gasteiger partial charge in [-0.05, 0) is 38.1 Å². The summed E-state index contributed by atoms with van der Waals surface area (Å²) in [6.07, 6.45) is 3.56. The van der Waals surface area contributed by atoms with Crippen LogP contribution in [0.3, 0.4) is 0 Å². The number of hydrogen-bond acceptors (Lipinski definition) is 5. The molecule has 0 spiro atoms. The smallest absolute Gasteiger partial charge is 0.134 e. The summed E-state index contributed by atoms with van der Waals surface area (Å²) in [5, 5.41) is 1.72. The van der Waals surface area contributed by atoms with Gasteiger partial charge in [0.05, 0.1) is 21.1 Å². The number of anilines is 1. The molecule has 4 rings (SSSR count). The second-order valence-corrected chi connectivity index (χ2v) is 7.60. The average molecular weight is 403 g/mol. The minimum atomic E-state index is 0.148. The Kier molecular flexibility index (Phi) is 5.08. The number of hydrogen-bond donors (Lipinski definition) is 1. The zero-order chi connectivity index (χ0) is 19.0. The van der Waals surface area contributed by atoms with Crippen molar-refractivity contribution in [1.29, 1.82) is 0 Å². The molecular formula is C20H20Cl2N4O. The molecule has 2 N–H and O–H groups in total. The molecule has 1 aliphatic rings. The Bertz CT molecular complexity index is 987. The Morgan fingerprint density at radius 3 is 2.67 bits per heavy atom. The van der Waals surface area contributed by atoms with Gasteiger partial charge in [-0.25, -0.2) is 9.97 Å². The van der Waals surface area contributed by atoms with Crippen molar-refractivity contribution in [2.45, 2.75) is 18.9 Å². The predicted octanol–water partition coefficient (Wildman–Crippen LogP) is 4.66. The standard InChI is InChI=1S/C20H20Cl2N4O/c1-26-9-7-12(8-10-26)27-16-6-5-14-19(24-11-25-20(14)23)17(16)13-3-2-4-15(21)18(13)22/h2-6,11-12H,7-10H2,1H3,(H2,23,24,25).